The minimum Gasteiger partial charge on any atom is -0.324 e. The van der Waals surface area contributed by atoms with Gasteiger partial charge in [0.25, 0.3) is 11.8 Å². The molecule has 1 atom stereocenters. The number of benzene rings is 3. The number of carbonyl (C=O) groups is 2. The monoisotopic (exact) mass is 454 g/mol. The number of carbonyl (C=O) groups excluding carboxylic acids is 2. The van der Waals surface area contributed by atoms with Crippen LogP contribution in [-0.2, 0) is 11.3 Å². The average Bonchev–Trinajstić information content (AvgIpc) is 2.87. The topological polar surface area (TPSA) is 75.2 Å². The third kappa shape index (κ3) is 5.50. The van der Waals surface area contributed by atoms with E-state index in [1.54, 1.807) is 0 Å². The number of nitrogens with one attached hydrogen (secondary N) is 1. The van der Waals surface area contributed by atoms with Crippen LogP contribution >= 0.6 is 0 Å². The lowest BCUT2D eigenvalue weighted by Crippen LogP contribution is -2.41. The molecule has 2 amide bonds. The molecule has 0 spiro atoms. The summed E-state index contributed by atoms with van der Waals surface area (Å²) in [5, 5.41) is 2.82. The average molecular weight is 455 g/mol. The Hall–Kier alpha value is -4.39. The van der Waals surface area contributed by atoms with Crippen LogP contribution in [0.3, 0.4) is 0 Å². The molecule has 0 fully saturated rings. The van der Waals surface area contributed by atoms with Gasteiger partial charge in [-0.05, 0) is 42.3 Å². The number of aryl methyl sites for hydroxylation is 1. The highest BCUT2D eigenvalue weighted by molar-refractivity contribution is 6.00. The molecule has 0 unspecified atom stereocenters. The molecule has 6 nitrogen and oxygen atoms in total. The molecule has 4 rings (SSSR count). The summed E-state index contributed by atoms with van der Waals surface area (Å²) < 4.78 is 13.4. The number of anilines is 1. The highest BCUT2D eigenvalue weighted by atomic mass is 19.1. The Kier molecular flexibility index (Phi) is 7.03. The van der Waals surface area contributed by atoms with Crippen LogP contribution in [0.25, 0.3) is 0 Å². The molecule has 0 aliphatic carbocycles. The van der Waals surface area contributed by atoms with Crippen LogP contribution in [0.15, 0.2) is 97.5 Å². The van der Waals surface area contributed by atoms with Crippen LogP contribution in [0.4, 0.5) is 10.1 Å². The van der Waals surface area contributed by atoms with Gasteiger partial charge >= 0.3 is 0 Å². The maximum atomic E-state index is 13.6. The van der Waals surface area contributed by atoms with Gasteiger partial charge in [0.1, 0.15) is 17.6 Å². The molecule has 0 saturated carbocycles. The number of rotatable bonds is 7. The summed E-state index contributed by atoms with van der Waals surface area (Å²) in [5.41, 5.74) is 3.07. The van der Waals surface area contributed by atoms with Crippen molar-refractivity contribution in [3.8, 4) is 0 Å². The van der Waals surface area contributed by atoms with Gasteiger partial charge in [-0.15, -0.1) is 0 Å². The summed E-state index contributed by atoms with van der Waals surface area (Å²) in [6.07, 6.45) is 4.30. The molecule has 1 N–H and O–H groups in total. The summed E-state index contributed by atoms with van der Waals surface area (Å²) in [6, 6.07) is 21.4. The predicted octanol–water partition coefficient (Wildman–Crippen LogP) is 4.95. The normalized spacial score (nSPS) is 11.5. The zero-order chi connectivity index (χ0) is 23.9. The largest absolute Gasteiger partial charge is 0.324 e. The Morgan fingerprint density at radius 1 is 0.941 bits per heavy atom. The quantitative estimate of drug-likeness (QED) is 0.429. The molecule has 170 valence electrons. The molecular formula is C27H23FN4O2. The summed E-state index contributed by atoms with van der Waals surface area (Å²) in [4.78, 5) is 36.9. The lowest BCUT2D eigenvalue weighted by atomic mass is 10.0. The van der Waals surface area contributed by atoms with Crippen LogP contribution in [0, 0.1) is 12.7 Å². The third-order valence-electron chi connectivity index (χ3n) is 5.30. The van der Waals surface area contributed by atoms with E-state index < -0.39 is 23.7 Å². The van der Waals surface area contributed by atoms with E-state index in [1.165, 1.54) is 47.8 Å². The van der Waals surface area contributed by atoms with Crippen LogP contribution in [0.5, 0.6) is 0 Å². The van der Waals surface area contributed by atoms with Gasteiger partial charge in [-0.1, -0.05) is 60.2 Å². The first-order valence-electron chi connectivity index (χ1n) is 10.7. The smallest absolute Gasteiger partial charge is 0.275 e. The van der Waals surface area contributed by atoms with E-state index >= 15 is 0 Å². The molecule has 0 bridgehead atoms. The van der Waals surface area contributed by atoms with Crippen LogP contribution < -0.4 is 5.32 Å². The second kappa shape index (κ2) is 10.5. The standard InChI is InChI=1S/C27H23FN4O2/c1-19-7-9-21(10-8-19)25(26(33)31-23-13-11-22(28)12-14-23)32(18-20-5-3-2-4-6-20)27(34)24-17-29-15-16-30-24/h2-17,25H,18H2,1H3,(H,31,33)/t25-/m0/s1. The fourth-order valence-corrected chi connectivity index (χ4v) is 3.58. The first-order chi connectivity index (χ1) is 16.5. The summed E-state index contributed by atoms with van der Waals surface area (Å²) >= 11 is 0. The van der Waals surface area contributed by atoms with Crippen LogP contribution in [0.1, 0.15) is 33.2 Å². The van der Waals surface area contributed by atoms with Crippen molar-refractivity contribution < 1.29 is 14.0 Å². The molecule has 7 heteroatoms. The molecule has 34 heavy (non-hydrogen) atoms. The lowest BCUT2D eigenvalue weighted by molar-refractivity contribution is -0.121. The minimum atomic E-state index is -0.972. The first-order valence-corrected chi connectivity index (χ1v) is 10.7. The van der Waals surface area contributed by atoms with E-state index in [0.717, 1.165) is 11.1 Å². The first kappa shape index (κ1) is 22.8. The van der Waals surface area contributed by atoms with Crippen molar-refractivity contribution in [3.63, 3.8) is 0 Å². The molecule has 0 saturated heterocycles. The maximum Gasteiger partial charge on any atom is 0.275 e. The second-order valence-corrected chi connectivity index (χ2v) is 7.82. The molecule has 4 aromatic rings. The Bertz CT molecular complexity index is 1250. The van der Waals surface area contributed by atoms with Crippen molar-refractivity contribution in [2.75, 3.05) is 5.32 Å². The molecule has 1 aromatic heterocycles. The summed E-state index contributed by atoms with van der Waals surface area (Å²) in [7, 11) is 0. The van der Waals surface area contributed by atoms with Gasteiger partial charge in [0.05, 0.1) is 6.20 Å². The number of nitrogens with zero attached hydrogens (tertiary/aromatic N) is 3. The number of amides is 2. The molecule has 0 aliphatic heterocycles. The van der Waals surface area contributed by atoms with E-state index in [0.29, 0.717) is 11.3 Å². The van der Waals surface area contributed by atoms with E-state index in [9.17, 15) is 14.0 Å². The van der Waals surface area contributed by atoms with Gasteiger partial charge in [0, 0.05) is 24.6 Å². The van der Waals surface area contributed by atoms with Crippen molar-refractivity contribution in [1.29, 1.82) is 0 Å². The lowest BCUT2D eigenvalue weighted by Gasteiger charge is -2.31. The number of halogens is 1. The maximum absolute atomic E-state index is 13.6. The van der Waals surface area contributed by atoms with Crippen LogP contribution in [0.2, 0.25) is 0 Å². The Morgan fingerprint density at radius 3 is 2.29 bits per heavy atom. The van der Waals surface area contributed by atoms with E-state index in [1.807, 2.05) is 61.5 Å². The fraction of sp³-hybridized carbons (Fsp3) is 0.111. The molecular weight excluding hydrogens is 431 g/mol. The zero-order valence-corrected chi connectivity index (χ0v) is 18.6. The van der Waals surface area contributed by atoms with Crippen molar-refractivity contribution in [2.45, 2.75) is 19.5 Å². The molecule has 1 heterocycles. The highest BCUT2D eigenvalue weighted by Crippen LogP contribution is 2.27. The van der Waals surface area contributed by atoms with Crippen LogP contribution in [-0.4, -0.2) is 26.7 Å². The molecule has 0 aliphatic rings. The number of hydrogen-bond donors (Lipinski definition) is 1. The number of aromatic nitrogens is 2. The molecule has 3 aromatic carbocycles. The van der Waals surface area contributed by atoms with Crippen molar-refractivity contribution in [3.05, 3.63) is 126 Å². The fourth-order valence-electron chi connectivity index (χ4n) is 3.58. The Morgan fingerprint density at radius 2 is 1.65 bits per heavy atom. The summed E-state index contributed by atoms with van der Waals surface area (Å²) in [5.74, 6) is -1.27. The number of hydrogen-bond acceptors (Lipinski definition) is 4. The Labute approximate surface area is 197 Å². The minimum absolute atomic E-state index is 0.130. The SMILES string of the molecule is Cc1ccc([C@@H](C(=O)Nc2ccc(F)cc2)N(Cc2ccccc2)C(=O)c2cnccn2)cc1. The van der Waals surface area contributed by atoms with Crippen molar-refractivity contribution in [1.82, 2.24) is 14.9 Å². The van der Waals surface area contributed by atoms with E-state index in [-0.39, 0.29) is 12.2 Å². The zero-order valence-electron chi connectivity index (χ0n) is 18.6. The van der Waals surface area contributed by atoms with Gasteiger partial charge in [0.2, 0.25) is 0 Å². The van der Waals surface area contributed by atoms with Gasteiger partial charge in [-0.2, -0.15) is 0 Å². The highest BCUT2D eigenvalue weighted by Gasteiger charge is 2.33. The van der Waals surface area contributed by atoms with Gasteiger partial charge in [-0.25, -0.2) is 9.37 Å². The van der Waals surface area contributed by atoms with Crippen molar-refractivity contribution in [2.24, 2.45) is 0 Å². The molecule has 0 radical (unpaired) electrons. The van der Waals surface area contributed by atoms with Gasteiger partial charge in [-0.3, -0.25) is 14.6 Å². The van der Waals surface area contributed by atoms with Crippen molar-refractivity contribution >= 4 is 17.5 Å². The predicted molar refractivity (Wildman–Crippen MR) is 127 cm³/mol. The second-order valence-electron chi connectivity index (χ2n) is 7.82. The van der Waals surface area contributed by atoms with E-state index in [2.05, 4.69) is 15.3 Å². The van der Waals surface area contributed by atoms with E-state index in [4.69, 9.17) is 0 Å². The third-order valence-corrected chi connectivity index (χ3v) is 5.30. The van der Waals surface area contributed by atoms with Gasteiger partial charge < -0.3 is 10.2 Å². The Balaban J connectivity index is 1.77. The van der Waals surface area contributed by atoms with Gasteiger partial charge in [0.15, 0.2) is 0 Å². The summed E-state index contributed by atoms with van der Waals surface area (Å²) in [6.45, 7) is 2.12.